The van der Waals surface area contributed by atoms with Crippen molar-refractivity contribution in [2.75, 3.05) is 13.2 Å². The van der Waals surface area contributed by atoms with Crippen LogP contribution in [0.4, 0.5) is 0 Å². The molecule has 0 radical (unpaired) electrons. The van der Waals surface area contributed by atoms with Crippen molar-refractivity contribution >= 4 is 24.1 Å². The van der Waals surface area contributed by atoms with Gasteiger partial charge < -0.3 is 9.47 Å². The summed E-state index contributed by atoms with van der Waals surface area (Å²) in [6, 6.07) is 20.8. The molecule has 152 valence electrons. The molecule has 4 atom stereocenters. The molecule has 3 nitrogen and oxygen atoms in total. The Morgan fingerprint density at radius 1 is 0.793 bits per heavy atom. The third kappa shape index (κ3) is 4.98. The molecule has 2 aliphatic heterocycles. The molecule has 0 bridgehead atoms. The van der Waals surface area contributed by atoms with E-state index in [1.165, 1.54) is 35.2 Å². The summed E-state index contributed by atoms with van der Waals surface area (Å²) in [7, 11) is 0. The van der Waals surface area contributed by atoms with E-state index in [-0.39, 0.29) is 21.7 Å². The van der Waals surface area contributed by atoms with E-state index < -0.39 is 0 Å². The number of rotatable bonds is 12. The summed E-state index contributed by atoms with van der Waals surface area (Å²) < 4.78 is 16.9. The van der Waals surface area contributed by atoms with Crippen LogP contribution in [0.5, 0.6) is 0 Å². The predicted octanol–water partition coefficient (Wildman–Crippen LogP) is 5.43. The molecular formula is C24H26O3S2. The van der Waals surface area contributed by atoms with Gasteiger partial charge in [-0.1, -0.05) is 72.8 Å². The van der Waals surface area contributed by atoms with Crippen LogP contribution >= 0.6 is 24.1 Å². The molecule has 2 aliphatic rings. The van der Waals surface area contributed by atoms with Gasteiger partial charge in [0.1, 0.15) is 12.2 Å². The molecule has 2 aromatic rings. The van der Waals surface area contributed by atoms with Gasteiger partial charge in [0.25, 0.3) is 0 Å². The van der Waals surface area contributed by atoms with Crippen LogP contribution in [0, 0.1) is 0 Å². The van der Waals surface area contributed by atoms with Gasteiger partial charge in [-0.25, -0.2) is 3.63 Å². The molecule has 29 heavy (non-hydrogen) atoms. The van der Waals surface area contributed by atoms with Gasteiger partial charge in [0.2, 0.25) is 0 Å². The Morgan fingerprint density at radius 2 is 1.17 bits per heavy atom. The van der Waals surface area contributed by atoms with Crippen LogP contribution in [0.3, 0.4) is 0 Å². The Balaban J connectivity index is 1.46. The molecule has 2 saturated heterocycles. The third-order valence-electron chi connectivity index (χ3n) is 5.47. The maximum Gasteiger partial charge on any atom is 0.102 e. The maximum atomic E-state index is 6.22. The highest BCUT2D eigenvalue weighted by molar-refractivity contribution is 8.09. The normalized spacial score (nSPS) is 24.1. The van der Waals surface area contributed by atoms with Gasteiger partial charge in [-0.05, 0) is 24.0 Å². The van der Waals surface area contributed by atoms with E-state index in [2.05, 4.69) is 61.7 Å². The van der Waals surface area contributed by atoms with Gasteiger partial charge in [0.05, 0.1) is 22.7 Å². The first kappa shape index (κ1) is 20.8. The molecule has 0 aliphatic carbocycles. The summed E-state index contributed by atoms with van der Waals surface area (Å²) in [6.45, 7) is 9.69. The average Bonchev–Trinajstić information content (AvgIpc) is 3.66. The Morgan fingerprint density at radius 3 is 1.48 bits per heavy atom. The second kappa shape index (κ2) is 9.11. The molecule has 0 spiro atoms. The topological polar surface area (TPSA) is 34.3 Å². The molecule has 5 heteroatoms. The van der Waals surface area contributed by atoms with Crippen LogP contribution in [0.15, 0.2) is 86.0 Å². The second-order valence-corrected chi connectivity index (χ2v) is 9.92. The molecule has 0 N–H and O–H groups in total. The molecule has 2 fully saturated rings. The summed E-state index contributed by atoms with van der Waals surface area (Å²) in [4.78, 5) is 0. The van der Waals surface area contributed by atoms with E-state index in [1.54, 1.807) is 0 Å². The highest BCUT2D eigenvalue weighted by atomic mass is 32.2. The maximum absolute atomic E-state index is 6.22. The lowest BCUT2D eigenvalue weighted by Crippen LogP contribution is -2.34. The van der Waals surface area contributed by atoms with Crippen molar-refractivity contribution in [3.05, 3.63) is 97.1 Å². The number of ether oxygens (including phenoxy) is 2. The first-order chi connectivity index (χ1) is 14.2. The van der Waals surface area contributed by atoms with Gasteiger partial charge in [-0.3, -0.25) is 0 Å². The van der Waals surface area contributed by atoms with Gasteiger partial charge in [-0.15, -0.1) is 13.2 Å². The summed E-state index contributed by atoms with van der Waals surface area (Å²) in [5.74, 6) is 0. The zero-order valence-electron chi connectivity index (χ0n) is 16.4. The SMILES string of the molecule is C=CC(Cc1ccccc1)(SOSC(C=C)(Cc1ccccc1)C1CO1)C1CO1. The Labute approximate surface area is 181 Å². The van der Waals surface area contributed by atoms with Gasteiger partial charge in [-0.2, -0.15) is 0 Å². The van der Waals surface area contributed by atoms with Crippen molar-refractivity contribution in [1.82, 2.24) is 0 Å². The predicted molar refractivity (Wildman–Crippen MR) is 122 cm³/mol. The lowest BCUT2D eigenvalue weighted by molar-refractivity contribution is 0.368. The summed E-state index contributed by atoms with van der Waals surface area (Å²) in [6.07, 6.45) is 5.82. The third-order valence-corrected chi connectivity index (χ3v) is 7.79. The zero-order valence-corrected chi connectivity index (χ0v) is 18.0. The first-order valence-electron chi connectivity index (χ1n) is 9.81. The summed E-state index contributed by atoms with van der Waals surface area (Å²) >= 11 is 2.90. The van der Waals surface area contributed by atoms with E-state index in [4.69, 9.17) is 13.1 Å². The average molecular weight is 427 g/mol. The van der Waals surface area contributed by atoms with E-state index >= 15 is 0 Å². The molecule has 4 rings (SSSR count). The minimum atomic E-state index is -0.321. The first-order valence-corrected chi connectivity index (χ1v) is 11.3. The minimum absolute atomic E-state index is 0.121. The zero-order chi connectivity index (χ0) is 20.2. The molecule has 0 aromatic heterocycles. The summed E-state index contributed by atoms with van der Waals surface area (Å²) in [5, 5.41) is 0. The van der Waals surface area contributed by atoms with Gasteiger partial charge in [0, 0.05) is 24.1 Å². The molecular weight excluding hydrogens is 400 g/mol. The lowest BCUT2D eigenvalue weighted by Gasteiger charge is -2.31. The number of epoxide rings is 2. The van der Waals surface area contributed by atoms with E-state index in [0.717, 1.165) is 26.1 Å². The van der Waals surface area contributed by atoms with Crippen molar-refractivity contribution < 1.29 is 13.1 Å². The summed E-state index contributed by atoms with van der Waals surface area (Å²) in [5.41, 5.74) is 2.49. The fourth-order valence-corrected chi connectivity index (χ4v) is 5.73. The van der Waals surface area contributed by atoms with Gasteiger partial charge >= 0.3 is 0 Å². The van der Waals surface area contributed by atoms with Crippen molar-refractivity contribution in [3.63, 3.8) is 0 Å². The van der Waals surface area contributed by atoms with Crippen LogP contribution < -0.4 is 0 Å². The largest absolute Gasteiger partial charge is 0.371 e. The quantitative estimate of drug-likeness (QED) is 0.257. The van der Waals surface area contributed by atoms with Crippen LogP contribution in [-0.2, 0) is 25.9 Å². The van der Waals surface area contributed by atoms with Crippen molar-refractivity contribution in [2.24, 2.45) is 0 Å². The molecule has 0 amide bonds. The van der Waals surface area contributed by atoms with Crippen LogP contribution in [0.1, 0.15) is 11.1 Å². The highest BCUT2D eigenvalue weighted by Gasteiger charge is 2.50. The van der Waals surface area contributed by atoms with Crippen LogP contribution in [-0.4, -0.2) is 34.9 Å². The molecule has 2 aromatic carbocycles. The fraction of sp³-hybridized carbons (Fsp3) is 0.333. The smallest absolute Gasteiger partial charge is 0.102 e. The lowest BCUT2D eigenvalue weighted by atomic mass is 9.95. The van der Waals surface area contributed by atoms with Crippen molar-refractivity contribution in [2.45, 2.75) is 34.5 Å². The Hall–Kier alpha value is -1.50. The molecule has 2 heterocycles. The van der Waals surface area contributed by atoms with Crippen LogP contribution in [0.2, 0.25) is 0 Å². The monoisotopic (exact) mass is 426 g/mol. The number of hydrogen-bond donors (Lipinski definition) is 0. The van der Waals surface area contributed by atoms with E-state index in [9.17, 15) is 0 Å². The number of benzene rings is 2. The van der Waals surface area contributed by atoms with Gasteiger partial charge in [0.15, 0.2) is 0 Å². The van der Waals surface area contributed by atoms with Crippen molar-refractivity contribution in [3.8, 4) is 0 Å². The molecule has 4 unspecified atom stereocenters. The van der Waals surface area contributed by atoms with E-state index in [1.807, 2.05) is 24.3 Å². The Bertz CT molecular complexity index is 751. The standard InChI is InChI=1S/C24H26O3S2/c1-3-23(21-17-25-21,15-19-11-7-5-8-12-19)28-27-29-24(4-2,22-18-26-22)16-20-13-9-6-10-14-20/h3-14,21-22H,1-2,15-18H2. The minimum Gasteiger partial charge on any atom is -0.371 e. The van der Waals surface area contributed by atoms with Crippen LogP contribution in [0.25, 0.3) is 0 Å². The molecule has 0 saturated carbocycles. The highest BCUT2D eigenvalue weighted by Crippen LogP contribution is 2.48. The van der Waals surface area contributed by atoms with E-state index in [0.29, 0.717) is 0 Å². The fourth-order valence-electron chi connectivity index (χ4n) is 3.50. The second-order valence-electron chi connectivity index (χ2n) is 7.52. The van der Waals surface area contributed by atoms with Crippen molar-refractivity contribution in [1.29, 1.82) is 0 Å². The Kier molecular flexibility index (Phi) is 6.52. The number of hydrogen-bond acceptors (Lipinski definition) is 5.